The lowest BCUT2D eigenvalue weighted by Gasteiger charge is -2.25. The molecule has 2 N–H and O–H groups in total. The Kier molecular flexibility index (Phi) is 8.56. The number of unbranched alkanes of at least 4 members (excludes halogenated alkanes) is 1. The van der Waals surface area contributed by atoms with Crippen LogP contribution in [0.15, 0.2) is 48.6 Å². The SMILES string of the molecule is O=C(O)CCC/C=C\C[C@@H]1[C@@H](/C=C/[C@@H](O)COc2ccc(I)cc2)[C@H]2CC[C@H]1O2. The van der Waals surface area contributed by atoms with E-state index < -0.39 is 12.1 Å². The Morgan fingerprint density at radius 1 is 1.24 bits per heavy atom. The number of carboxylic acid groups (broad SMARTS) is 1. The molecule has 2 fully saturated rings. The molecule has 6 heteroatoms. The largest absolute Gasteiger partial charge is 0.491 e. The zero-order valence-electron chi connectivity index (χ0n) is 16.5. The summed E-state index contributed by atoms with van der Waals surface area (Å²) < 4.78 is 12.9. The summed E-state index contributed by atoms with van der Waals surface area (Å²) in [5.74, 6) is 0.747. The van der Waals surface area contributed by atoms with E-state index >= 15 is 0 Å². The smallest absolute Gasteiger partial charge is 0.303 e. The highest BCUT2D eigenvalue weighted by Gasteiger charge is 2.46. The Bertz CT molecular complexity index is 714. The minimum Gasteiger partial charge on any atom is -0.491 e. The number of allylic oxidation sites excluding steroid dienone is 2. The number of aliphatic hydroxyl groups is 1. The molecule has 0 radical (unpaired) electrons. The van der Waals surface area contributed by atoms with Crippen molar-refractivity contribution in [2.45, 2.75) is 56.8 Å². The van der Waals surface area contributed by atoms with Crippen molar-refractivity contribution in [1.29, 1.82) is 0 Å². The topological polar surface area (TPSA) is 76.0 Å². The van der Waals surface area contributed by atoms with Crippen LogP contribution in [-0.2, 0) is 9.53 Å². The minimum absolute atomic E-state index is 0.217. The third-order valence-electron chi connectivity index (χ3n) is 5.61. The highest BCUT2D eigenvalue weighted by molar-refractivity contribution is 14.1. The normalized spacial score (nSPS) is 27.1. The van der Waals surface area contributed by atoms with Gasteiger partial charge in [0.1, 0.15) is 18.5 Å². The van der Waals surface area contributed by atoms with Crippen molar-refractivity contribution < 1.29 is 24.5 Å². The number of aliphatic carboxylic acids is 1. The zero-order chi connectivity index (χ0) is 20.6. The van der Waals surface area contributed by atoms with Gasteiger partial charge in [0.2, 0.25) is 0 Å². The van der Waals surface area contributed by atoms with Crippen LogP contribution in [0.4, 0.5) is 0 Å². The van der Waals surface area contributed by atoms with Gasteiger partial charge in [-0.2, -0.15) is 0 Å². The van der Waals surface area contributed by atoms with E-state index in [9.17, 15) is 9.90 Å². The van der Waals surface area contributed by atoms with Crippen LogP contribution in [0.3, 0.4) is 0 Å². The number of ether oxygens (including phenoxy) is 2. The quantitative estimate of drug-likeness (QED) is 0.258. The predicted octanol–water partition coefficient (Wildman–Crippen LogP) is 4.58. The van der Waals surface area contributed by atoms with E-state index in [4.69, 9.17) is 14.6 Å². The summed E-state index contributed by atoms with van der Waals surface area (Å²) in [6, 6.07) is 7.76. The van der Waals surface area contributed by atoms with Crippen molar-refractivity contribution in [3.63, 3.8) is 0 Å². The fourth-order valence-corrected chi connectivity index (χ4v) is 4.51. The molecule has 29 heavy (non-hydrogen) atoms. The third-order valence-corrected chi connectivity index (χ3v) is 6.33. The second kappa shape index (κ2) is 11.1. The van der Waals surface area contributed by atoms with Gasteiger partial charge in [-0.3, -0.25) is 4.79 Å². The van der Waals surface area contributed by atoms with Gasteiger partial charge < -0.3 is 19.7 Å². The highest BCUT2D eigenvalue weighted by atomic mass is 127. The van der Waals surface area contributed by atoms with E-state index in [1.807, 2.05) is 30.3 Å². The molecule has 0 aromatic heterocycles. The molecule has 3 rings (SSSR count). The van der Waals surface area contributed by atoms with E-state index in [0.717, 1.165) is 35.0 Å². The number of fused-ring (bicyclic) bond motifs is 2. The Hall–Kier alpha value is -1.38. The van der Waals surface area contributed by atoms with Crippen LogP contribution in [0.25, 0.3) is 0 Å². The molecule has 2 saturated heterocycles. The van der Waals surface area contributed by atoms with Crippen LogP contribution in [0.2, 0.25) is 0 Å². The van der Waals surface area contributed by atoms with Crippen LogP contribution < -0.4 is 4.74 Å². The van der Waals surface area contributed by atoms with Gasteiger partial charge in [0, 0.05) is 15.9 Å². The molecule has 2 aliphatic heterocycles. The predicted molar refractivity (Wildman–Crippen MR) is 120 cm³/mol. The summed E-state index contributed by atoms with van der Waals surface area (Å²) in [5.41, 5.74) is 0. The average Bonchev–Trinajstić information content (AvgIpc) is 3.30. The minimum atomic E-state index is -0.741. The zero-order valence-corrected chi connectivity index (χ0v) is 18.6. The molecule has 0 unspecified atom stereocenters. The number of hydrogen-bond donors (Lipinski definition) is 2. The summed E-state index contributed by atoms with van der Waals surface area (Å²) in [7, 11) is 0. The van der Waals surface area contributed by atoms with Crippen LogP contribution in [0, 0.1) is 15.4 Å². The van der Waals surface area contributed by atoms with Gasteiger partial charge in [0.15, 0.2) is 0 Å². The third kappa shape index (κ3) is 6.83. The van der Waals surface area contributed by atoms with Gasteiger partial charge >= 0.3 is 5.97 Å². The van der Waals surface area contributed by atoms with E-state index in [1.54, 1.807) is 0 Å². The summed E-state index contributed by atoms with van der Waals surface area (Å²) in [4.78, 5) is 10.6. The molecule has 5 atom stereocenters. The van der Waals surface area contributed by atoms with Gasteiger partial charge in [-0.15, -0.1) is 0 Å². The van der Waals surface area contributed by atoms with Gasteiger partial charge in [-0.1, -0.05) is 24.3 Å². The molecule has 0 aliphatic carbocycles. The molecule has 5 nitrogen and oxygen atoms in total. The number of carbonyl (C=O) groups is 1. The second-order valence-corrected chi connectivity index (χ2v) is 8.99. The molecule has 0 spiro atoms. The number of carboxylic acids is 1. The number of benzene rings is 1. The molecule has 2 heterocycles. The van der Waals surface area contributed by atoms with E-state index in [2.05, 4.69) is 40.8 Å². The Morgan fingerprint density at radius 3 is 2.76 bits per heavy atom. The molecule has 1 aromatic rings. The second-order valence-electron chi connectivity index (χ2n) is 7.74. The Labute approximate surface area is 185 Å². The molecule has 2 aliphatic rings. The first-order valence-electron chi connectivity index (χ1n) is 10.3. The summed E-state index contributed by atoms with van der Waals surface area (Å²) in [6.07, 6.45) is 12.9. The lowest BCUT2D eigenvalue weighted by atomic mass is 9.77. The molecule has 158 valence electrons. The fraction of sp³-hybridized carbons (Fsp3) is 0.522. The maximum absolute atomic E-state index is 10.6. The number of hydrogen-bond acceptors (Lipinski definition) is 4. The first-order chi connectivity index (χ1) is 14.0. The van der Waals surface area contributed by atoms with Crippen molar-refractivity contribution in [3.8, 4) is 5.75 Å². The number of rotatable bonds is 11. The van der Waals surface area contributed by atoms with Crippen molar-refractivity contribution in [1.82, 2.24) is 0 Å². The maximum atomic E-state index is 10.6. The summed E-state index contributed by atoms with van der Waals surface area (Å²) >= 11 is 2.25. The molecule has 0 saturated carbocycles. The van der Waals surface area contributed by atoms with Crippen LogP contribution in [0.1, 0.15) is 38.5 Å². The van der Waals surface area contributed by atoms with Gasteiger partial charge in [-0.05, 0) is 84.9 Å². The van der Waals surface area contributed by atoms with Gasteiger partial charge in [-0.25, -0.2) is 0 Å². The van der Waals surface area contributed by atoms with E-state index in [-0.39, 0.29) is 19.1 Å². The van der Waals surface area contributed by atoms with Crippen LogP contribution in [0.5, 0.6) is 5.75 Å². The van der Waals surface area contributed by atoms with Crippen LogP contribution >= 0.6 is 22.6 Å². The van der Waals surface area contributed by atoms with E-state index in [0.29, 0.717) is 24.4 Å². The first kappa shape index (κ1) is 22.3. The fourth-order valence-electron chi connectivity index (χ4n) is 4.15. The highest BCUT2D eigenvalue weighted by Crippen LogP contribution is 2.45. The van der Waals surface area contributed by atoms with Crippen molar-refractivity contribution in [3.05, 3.63) is 52.1 Å². The lowest BCUT2D eigenvalue weighted by Crippen LogP contribution is -2.26. The van der Waals surface area contributed by atoms with Crippen molar-refractivity contribution in [2.75, 3.05) is 6.61 Å². The summed E-state index contributed by atoms with van der Waals surface area (Å²) in [6.45, 7) is 0.229. The molecule has 1 aromatic carbocycles. The maximum Gasteiger partial charge on any atom is 0.303 e. The first-order valence-corrected chi connectivity index (χ1v) is 11.4. The Balaban J connectivity index is 1.46. The standard InChI is InChI=1S/C23H29IO5/c24-16-7-10-18(11-8-16)28-15-17(25)9-12-20-19(21-13-14-22(20)29-21)5-3-1-2-4-6-23(26)27/h1,3,7-12,17,19-22,25H,2,4-6,13-15H2,(H,26,27)/b3-1-,12-9+/t17-,19-,20-,21-,22-/m1/s1. The number of aliphatic hydroxyl groups excluding tert-OH is 1. The van der Waals surface area contributed by atoms with Gasteiger partial charge in [0.05, 0.1) is 12.2 Å². The Morgan fingerprint density at radius 2 is 2.00 bits per heavy atom. The molecular formula is C23H29IO5. The van der Waals surface area contributed by atoms with Gasteiger partial charge in [0.25, 0.3) is 0 Å². The van der Waals surface area contributed by atoms with Crippen molar-refractivity contribution in [2.24, 2.45) is 11.8 Å². The van der Waals surface area contributed by atoms with Crippen molar-refractivity contribution >= 4 is 28.6 Å². The van der Waals surface area contributed by atoms with Crippen LogP contribution in [-0.4, -0.2) is 41.1 Å². The molecular weight excluding hydrogens is 483 g/mol. The monoisotopic (exact) mass is 512 g/mol. The average molecular weight is 512 g/mol. The number of halogens is 1. The van der Waals surface area contributed by atoms with E-state index in [1.165, 1.54) is 0 Å². The molecule has 0 amide bonds. The summed E-state index contributed by atoms with van der Waals surface area (Å²) in [5, 5.41) is 19.0. The molecule has 2 bridgehead atoms. The lowest BCUT2D eigenvalue weighted by molar-refractivity contribution is -0.137.